The van der Waals surface area contributed by atoms with E-state index in [1.165, 1.54) is 19.3 Å². The summed E-state index contributed by atoms with van der Waals surface area (Å²) in [5, 5.41) is 0. The van der Waals surface area contributed by atoms with Gasteiger partial charge in [0.25, 0.3) is 0 Å². The maximum absolute atomic E-state index is 4.05. The van der Waals surface area contributed by atoms with E-state index in [-0.39, 0.29) is 0 Å². The Labute approximate surface area is 108 Å². The molecule has 0 aromatic heterocycles. The summed E-state index contributed by atoms with van der Waals surface area (Å²) in [6.45, 7) is 18.1. The molecule has 0 saturated heterocycles. The molecule has 0 saturated carbocycles. The second-order valence-corrected chi connectivity index (χ2v) is 6.63. The van der Waals surface area contributed by atoms with Crippen LogP contribution in [0.4, 0.5) is 0 Å². The normalized spacial score (nSPS) is 24.2. The van der Waals surface area contributed by atoms with Crippen LogP contribution in [-0.2, 0) is 0 Å². The SMILES string of the molecule is C=CC(CC(C)C1=C(C)C(C)C1)C(C)(C)CC. The molecule has 0 spiro atoms. The van der Waals surface area contributed by atoms with Gasteiger partial charge in [-0.3, -0.25) is 0 Å². The largest absolute Gasteiger partial charge is 0.103 e. The van der Waals surface area contributed by atoms with Crippen molar-refractivity contribution in [2.75, 3.05) is 0 Å². The molecule has 3 atom stereocenters. The topological polar surface area (TPSA) is 0 Å². The van der Waals surface area contributed by atoms with Gasteiger partial charge in [0.2, 0.25) is 0 Å². The first kappa shape index (κ1) is 14.5. The third kappa shape index (κ3) is 3.03. The lowest BCUT2D eigenvalue weighted by atomic mass is 9.68. The second kappa shape index (κ2) is 5.42. The first-order valence-corrected chi connectivity index (χ1v) is 7.15. The van der Waals surface area contributed by atoms with Crippen LogP contribution >= 0.6 is 0 Å². The average Bonchev–Trinajstić information content (AvgIpc) is 2.31. The van der Waals surface area contributed by atoms with Crippen molar-refractivity contribution in [2.24, 2.45) is 23.2 Å². The summed E-state index contributed by atoms with van der Waals surface area (Å²) in [5.74, 6) is 2.20. The van der Waals surface area contributed by atoms with Gasteiger partial charge in [-0.25, -0.2) is 0 Å². The molecule has 0 amide bonds. The lowest BCUT2D eigenvalue weighted by molar-refractivity contribution is 0.217. The Balaban J connectivity index is 2.68. The average molecular weight is 234 g/mol. The lowest BCUT2D eigenvalue weighted by Gasteiger charge is -2.38. The van der Waals surface area contributed by atoms with Gasteiger partial charge in [-0.2, -0.15) is 0 Å². The van der Waals surface area contributed by atoms with Gasteiger partial charge in [-0.1, -0.05) is 58.3 Å². The zero-order chi connectivity index (χ0) is 13.2. The molecule has 17 heavy (non-hydrogen) atoms. The van der Waals surface area contributed by atoms with Gasteiger partial charge < -0.3 is 0 Å². The highest BCUT2D eigenvalue weighted by molar-refractivity contribution is 5.28. The van der Waals surface area contributed by atoms with Gasteiger partial charge in [0.05, 0.1) is 0 Å². The van der Waals surface area contributed by atoms with Gasteiger partial charge in [0, 0.05) is 0 Å². The monoisotopic (exact) mass is 234 g/mol. The number of rotatable bonds is 6. The van der Waals surface area contributed by atoms with Crippen LogP contribution in [0, 0.1) is 23.2 Å². The molecular weight excluding hydrogens is 204 g/mol. The maximum atomic E-state index is 4.05. The summed E-state index contributed by atoms with van der Waals surface area (Å²) in [5.41, 5.74) is 3.76. The first-order chi connectivity index (χ1) is 7.83. The van der Waals surface area contributed by atoms with Crippen LogP contribution in [0.2, 0.25) is 0 Å². The summed E-state index contributed by atoms with van der Waals surface area (Å²) in [6.07, 6.45) is 6.00. The molecule has 0 aromatic carbocycles. The van der Waals surface area contributed by atoms with E-state index in [1.54, 1.807) is 11.1 Å². The molecule has 1 aliphatic rings. The molecule has 0 nitrogen and oxygen atoms in total. The molecular formula is C17H30. The minimum Gasteiger partial charge on any atom is -0.103 e. The van der Waals surface area contributed by atoms with Crippen molar-refractivity contribution in [2.45, 2.75) is 60.8 Å². The maximum Gasteiger partial charge on any atom is -0.0179 e. The van der Waals surface area contributed by atoms with Crippen LogP contribution in [0.15, 0.2) is 23.8 Å². The van der Waals surface area contributed by atoms with E-state index < -0.39 is 0 Å². The zero-order valence-corrected chi connectivity index (χ0v) is 12.6. The van der Waals surface area contributed by atoms with Crippen molar-refractivity contribution in [3.8, 4) is 0 Å². The lowest BCUT2D eigenvalue weighted by Crippen LogP contribution is -2.26. The Morgan fingerprint density at radius 1 is 1.47 bits per heavy atom. The minimum atomic E-state index is 0.389. The molecule has 3 unspecified atom stereocenters. The highest BCUT2D eigenvalue weighted by Gasteiger charge is 2.31. The molecule has 0 fully saturated rings. The van der Waals surface area contributed by atoms with Gasteiger partial charge in [0.1, 0.15) is 0 Å². The summed E-state index contributed by atoms with van der Waals surface area (Å²) >= 11 is 0. The molecule has 98 valence electrons. The summed E-state index contributed by atoms with van der Waals surface area (Å²) < 4.78 is 0. The Hall–Kier alpha value is -0.520. The predicted octanol–water partition coefficient (Wildman–Crippen LogP) is 5.61. The molecule has 1 rings (SSSR count). The highest BCUT2D eigenvalue weighted by atomic mass is 14.4. The third-order valence-electron chi connectivity index (χ3n) is 5.17. The van der Waals surface area contributed by atoms with E-state index in [0.717, 1.165) is 11.8 Å². The van der Waals surface area contributed by atoms with E-state index >= 15 is 0 Å². The van der Waals surface area contributed by atoms with Crippen LogP contribution in [0.1, 0.15) is 60.8 Å². The van der Waals surface area contributed by atoms with Crippen LogP contribution in [0.3, 0.4) is 0 Å². The van der Waals surface area contributed by atoms with E-state index in [2.05, 4.69) is 54.2 Å². The molecule has 0 heteroatoms. The molecule has 0 N–H and O–H groups in total. The quantitative estimate of drug-likeness (QED) is 0.524. The smallest absolute Gasteiger partial charge is 0.0179 e. The van der Waals surface area contributed by atoms with Crippen molar-refractivity contribution in [3.05, 3.63) is 23.8 Å². The van der Waals surface area contributed by atoms with E-state index in [0.29, 0.717) is 11.3 Å². The van der Waals surface area contributed by atoms with Gasteiger partial charge in [-0.05, 0) is 42.9 Å². The van der Waals surface area contributed by atoms with Crippen LogP contribution < -0.4 is 0 Å². The van der Waals surface area contributed by atoms with Crippen molar-refractivity contribution >= 4 is 0 Å². The Morgan fingerprint density at radius 2 is 2.06 bits per heavy atom. The van der Waals surface area contributed by atoms with Crippen LogP contribution in [-0.4, -0.2) is 0 Å². The number of hydrogen-bond donors (Lipinski definition) is 0. The number of hydrogen-bond acceptors (Lipinski definition) is 0. The Kier molecular flexibility index (Phi) is 4.63. The van der Waals surface area contributed by atoms with E-state index in [4.69, 9.17) is 0 Å². The predicted molar refractivity (Wildman–Crippen MR) is 78.0 cm³/mol. The molecule has 0 bridgehead atoms. The van der Waals surface area contributed by atoms with Crippen LogP contribution in [0.5, 0.6) is 0 Å². The minimum absolute atomic E-state index is 0.389. The van der Waals surface area contributed by atoms with Gasteiger partial charge in [-0.15, -0.1) is 6.58 Å². The van der Waals surface area contributed by atoms with E-state index in [1.807, 2.05) is 0 Å². The van der Waals surface area contributed by atoms with Crippen LogP contribution in [0.25, 0.3) is 0 Å². The molecule has 0 heterocycles. The number of allylic oxidation sites excluding steroid dienone is 3. The van der Waals surface area contributed by atoms with E-state index in [9.17, 15) is 0 Å². The molecule has 0 radical (unpaired) electrons. The molecule has 1 aliphatic carbocycles. The fourth-order valence-corrected chi connectivity index (χ4v) is 2.94. The second-order valence-electron chi connectivity index (χ2n) is 6.63. The van der Waals surface area contributed by atoms with Gasteiger partial charge >= 0.3 is 0 Å². The third-order valence-corrected chi connectivity index (χ3v) is 5.17. The standard InChI is InChI=1S/C17H30/c1-8-15(17(6,7)9-2)10-13(4)16-11-12(3)14(16)5/h8,12-13,15H,1,9-11H2,2-7H3. The fourth-order valence-electron chi connectivity index (χ4n) is 2.94. The van der Waals surface area contributed by atoms with Crippen molar-refractivity contribution in [1.29, 1.82) is 0 Å². The molecule has 0 aromatic rings. The summed E-state index contributed by atoms with van der Waals surface area (Å²) in [7, 11) is 0. The first-order valence-electron chi connectivity index (χ1n) is 7.15. The Morgan fingerprint density at radius 3 is 2.41 bits per heavy atom. The highest BCUT2D eigenvalue weighted by Crippen LogP contribution is 2.43. The Bertz CT molecular complexity index is 306. The van der Waals surface area contributed by atoms with Crippen molar-refractivity contribution in [1.82, 2.24) is 0 Å². The van der Waals surface area contributed by atoms with Crippen molar-refractivity contribution in [3.63, 3.8) is 0 Å². The summed E-state index contributed by atoms with van der Waals surface area (Å²) in [4.78, 5) is 0. The zero-order valence-electron chi connectivity index (χ0n) is 12.6. The van der Waals surface area contributed by atoms with Gasteiger partial charge in [0.15, 0.2) is 0 Å². The molecule has 0 aliphatic heterocycles. The fraction of sp³-hybridized carbons (Fsp3) is 0.765. The summed E-state index contributed by atoms with van der Waals surface area (Å²) in [6, 6.07) is 0. The van der Waals surface area contributed by atoms with Crippen molar-refractivity contribution < 1.29 is 0 Å².